The van der Waals surface area contributed by atoms with Crippen molar-refractivity contribution in [3.8, 4) is 5.75 Å². The predicted molar refractivity (Wildman–Crippen MR) is 114 cm³/mol. The zero-order valence-corrected chi connectivity index (χ0v) is 18.6. The smallest absolute Gasteiger partial charge is 0.406 e. The van der Waals surface area contributed by atoms with Crippen LogP contribution in [0.3, 0.4) is 0 Å². The van der Waals surface area contributed by atoms with Gasteiger partial charge in [0.05, 0.1) is 23.2 Å². The standard InChI is InChI=1S/C21H17F6N3O4S/c1-30(11-16(31)28-12-6-8-13(9-7-12)34-21(25,26)27)17(32)10-19(33,20(22,23)24)18-29-14-4-2-3-5-15(14)35-18/h2-9,33H,10-11H2,1H3,(H,28,31)/t19-/m0/s1. The Bertz CT molecular complexity index is 1180. The first-order valence-corrected chi connectivity index (χ1v) is 10.5. The molecular formula is C21H17F6N3O4S. The fraction of sp³-hybridized carbons (Fsp3) is 0.286. The number of hydrogen-bond donors (Lipinski definition) is 2. The molecule has 3 aromatic rings. The molecule has 0 bridgehead atoms. The van der Waals surface area contributed by atoms with E-state index in [1.165, 1.54) is 12.1 Å². The van der Waals surface area contributed by atoms with Gasteiger partial charge in [0.2, 0.25) is 17.4 Å². The number of carbonyl (C=O) groups is 2. The van der Waals surface area contributed by atoms with Crippen molar-refractivity contribution < 1.29 is 45.8 Å². The third-order valence-electron chi connectivity index (χ3n) is 4.70. The molecule has 3 rings (SSSR count). The SMILES string of the molecule is CN(CC(=O)Nc1ccc(OC(F)(F)F)cc1)C(=O)C[C@](O)(c1nc2ccccc2s1)C(F)(F)F. The molecular weight excluding hydrogens is 504 g/mol. The highest BCUT2D eigenvalue weighted by Crippen LogP contribution is 2.44. The van der Waals surface area contributed by atoms with E-state index in [4.69, 9.17) is 0 Å². The number of hydrogen-bond acceptors (Lipinski definition) is 6. The Morgan fingerprint density at radius 1 is 1.06 bits per heavy atom. The van der Waals surface area contributed by atoms with E-state index >= 15 is 0 Å². The fourth-order valence-electron chi connectivity index (χ4n) is 2.94. The number of rotatable bonds is 7. The van der Waals surface area contributed by atoms with Gasteiger partial charge in [-0.05, 0) is 36.4 Å². The highest BCUT2D eigenvalue weighted by molar-refractivity contribution is 7.18. The Labute approximate surface area is 197 Å². The fourth-order valence-corrected chi connectivity index (χ4v) is 4.02. The van der Waals surface area contributed by atoms with Crippen molar-refractivity contribution >= 4 is 39.1 Å². The van der Waals surface area contributed by atoms with Gasteiger partial charge in [-0.2, -0.15) is 13.2 Å². The minimum Gasteiger partial charge on any atom is -0.406 e. The Morgan fingerprint density at radius 3 is 2.26 bits per heavy atom. The van der Waals surface area contributed by atoms with Crippen LogP contribution < -0.4 is 10.1 Å². The molecule has 0 fully saturated rings. The minimum atomic E-state index is -5.24. The maximum Gasteiger partial charge on any atom is 0.573 e. The van der Waals surface area contributed by atoms with E-state index < -0.39 is 53.7 Å². The van der Waals surface area contributed by atoms with Crippen LogP contribution in [0.2, 0.25) is 0 Å². The highest BCUT2D eigenvalue weighted by atomic mass is 32.1. The summed E-state index contributed by atoms with van der Waals surface area (Å²) in [5.41, 5.74) is -3.29. The van der Waals surface area contributed by atoms with Gasteiger partial charge in [-0.1, -0.05) is 12.1 Å². The molecule has 1 heterocycles. The van der Waals surface area contributed by atoms with Gasteiger partial charge in [0.15, 0.2) is 0 Å². The van der Waals surface area contributed by atoms with Gasteiger partial charge in [0.1, 0.15) is 10.8 Å². The molecule has 2 N–H and O–H groups in total. The molecule has 188 valence electrons. The maximum atomic E-state index is 13.8. The molecule has 0 spiro atoms. The van der Waals surface area contributed by atoms with Crippen LogP contribution in [0.15, 0.2) is 48.5 Å². The number of amides is 2. The number of nitrogens with zero attached hydrogens (tertiary/aromatic N) is 2. The van der Waals surface area contributed by atoms with E-state index in [-0.39, 0.29) is 11.2 Å². The lowest BCUT2D eigenvalue weighted by molar-refractivity contribution is -0.274. The number of aromatic nitrogens is 1. The summed E-state index contributed by atoms with van der Waals surface area (Å²) in [4.78, 5) is 29.2. The highest BCUT2D eigenvalue weighted by Gasteiger charge is 2.58. The number of fused-ring (bicyclic) bond motifs is 1. The second-order valence-electron chi connectivity index (χ2n) is 7.39. The molecule has 2 amide bonds. The molecule has 35 heavy (non-hydrogen) atoms. The zero-order chi connectivity index (χ0) is 26.0. The molecule has 0 saturated heterocycles. The summed E-state index contributed by atoms with van der Waals surface area (Å²) in [5.74, 6) is -2.54. The zero-order valence-electron chi connectivity index (χ0n) is 17.8. The van der Waals surface area contributed by atoms with Gasteiger partial charge < -0.3 is 20.1 Å². The molecule has 2 aromatic carbocycles. The van der Waals surface area contributed by atoms with Crippen LogP contribution in [0, 0.1) is 0 Å². The number of halogens is 6. The van der Waals surface area contributed by atoms with Crippen LogP contribution in [-0.2, 0) is 15.2 Å². The maximum absolute atomic E-state index is 13.8. The normalized spacial score (nSPS) is 13.8. The number of thiazole rings is 1. The van der Waals surface area contributed by atoms with E-state index in [9.17, 15) is 41.0 Å². The first-order chi connectivity index (χ1) is 16.2. The van der Waals surface area contributed by atoms with Crippen molar-refractivity contribution in [3.63, 3.8) is 0 Å². The summed E-state index contributed by atoms with van der Waals surface area (Å²) in [6.45, 7) is -0.687. The first-order valence-electron chi connectivity index (χ1n) is 9.73. The Hall–Kier alpha value is -3.39. The number of alkyl halides is 6. The molecule has 1 aromatic heterocycles. The average Bonchev–Trinajstić information content (AvgIpc) is 3.18. The number of nitrogens with one attached hydrogen (secondary N) is 1. The molecule has 0 aliphatic carbocycles. The van der Waals surface area contributed by atoms with Crippen LogP contribution in [0.4, 0.5) is 32.0 Å². The van der Waals surface area contributed by atoms with Crippen LogP contribution in [0.25, 0.3) is 10.2 Å². The van der Waals surface area contributed by atoms with Gasteiger partial charge in [-0.15, -0.1) is 24.5 Å². The number of likely N-dealkylation sites (N-methyl/N-ethyl adjacent to an activating group) is 1. The lowest BCUT2D eigenvalue weighted by atomic mass is 9.99. The molecule has 0 aliphatic rings. The third-order valence-corrected chi connectivity index (χ3v) is 5.89. The summed E-state index contributed by atoms with van der Waals surface area (Å²) in [7, 11) is 1.07. The van der Waals surface area contributed by atoms with E-state index in [1.54, 1.807) is 12.1 Å². The second kappa shape index (κ2) is 9.70. The quantitative estimate of drug-likeness (QED) is 0.449. The molecule has 0 unspecified atom stereocenters. The molecule has 1 atom stereocenters. The predicted octanol–water partition coefficient (Wildman–Crippen LogP) is 4.43. The summed E-state index contributed by atoms with van der Waals surface area (Å²) in [6.07, 6.45) is -11.5. The van der Waals surface area contributed by atoms with E-state index in [1.807, 2.05) is 0 Å². The van der Waals surface area contributed by atoms with Crippen molar-refractivity contribution in [3.05, 3.63) is 53.5 Å². The average molecular weight is 521 g/mol. The Balaban J connectivity index is 1.67. The minimum absolute atomic E-state index is 0.0617. The molecule has 0 aliphatic heterocycles. The Kier molecular flexibility index (Phi) is 7.26. The molecule has 14 heteroatoms. The summed E-state index contributed by atoms with van der Waals surface area (Å²) >= 11 is 0.593. The van der Waals surface area contributed by atoms with E-state index in [0.29, 0.717) is 20.9 Å². The van der Waals surface area contributed by atoms with E-state index in [2.05, 4.69) is 15.0 Å². The lowest BCUT2D eigenvalue weighted by Crippen LogP contribution is -2.47. The van der Waals surface area contributed by atoms with Gasteiger partial charge in [-0.25, -0.2) is 4.98 Å². The summed E-state index contributed by atoms with van der Waals surface area (Å²) in [6, 6.07) is 10.2. The Morgan fingerprint density at radius 2 is 1.69 bits per heavy atom. The van der Waals surface area contributed by atoms with Gasteiger partial charge in [0, 0.05) is 12.7 Å². The summed E-state index contributed by atoms with van der Waals surface area (Å²) in [5, 5.41) is 12.1. The van der Waals surface area contributed by atoms with Crippen LogP contribution in [0.5, 0.6) is 5.75 Å². The van der Waals surface area contributed by atoms with E-state index in [0.717, 1.165) is 31.3 Å². The van der Waals surface area contributed by atoms with Crippen molar-refractivity contribution in [1.29, 1.82) is 0 Å². The number of benzene rings is 2. The van der Waals surface area contributed by atoms with Crippen LogP contribution in [0.1, 0.15) is 11.4 Å². The van der Waals surface area contributed by atoms with Gasteiger partial charge in [-0.3, -0.25) is 9.59 Å². The van der Waals surface area contributed by atoms with Gasteiger partial charge in [0.25, 0.3) is 0 Å². The number of anilines is 1. The van der Waals surface area contributed by atoms with Crippen molar-refractivity contribution in [2.45, 2.75) is 24.6 Å². The second-order valence-corrected chi connectivity index (χ2v) is 8.42. The lowest BCUT2D eigenvalue weighted by Gasteiger charge is -2.29. The summed E-state index contributed by atoms with van der Waals surface area (Å²) < 4.78 is 82.1. The van der Waals surface area contributed by atoms with Crippen LogP contribution >= 0.6 is 11.3 Å². The van der Waals surface area contributed by atoms with Crippen molar-refractivity contribution in [1.82, 2.24) is 9.88 Å². The van der Waals surface area contributed by atoms with Crippen LogP contribution in [-0.4, -0.2) is 52.9 Å². The molecule has 0 radical (unpaired) electrons. The van der Waals surface area contributed by atoms with Crippen molar-refractivity contribution in [2.75, 3.05) is 18.9 Å². The number of ether oxygens (including phenoxy) is 1. The largest absolute Gasteiger partial charge is 0.573 e. The van der Waals surface area contributed by atoms with Crippen molar-refractivity contribution in [2.24, 2.45) is 0 Å². The molecule has 0 saturated carbocycles. The number of para-hydroxylation sites is 1. The topological polar surface area (TPSA) is 91.8 Å². The number of aliphatic hydroxyl groups is 1. The molecule has 7 nitrogen and oxygen atoms in total. The third kappa shape index (κ3) is 6.39. The first kappa shape index (κ1) is 26.2. The number of carbonyl (C=O) groups excluding carboxylic acids is 2. The van der Waals surface area contributed by atoms with Gasteiger partial charge >= 0.3 is 12.5 Å². The monoisotopic (exact) mass is 521 g/mol.